The van der Waals surface area contributed by atoms with Gasteiger partial charge in [-0.1, -0.05) is 18.2 Å². The van der Waals surface area contributed by atoms with Crippen molar-refractivity contribution in [3.05, 3.63) is 35.4 Å². The fraction of sp³-hybridized carbons (Fsp3) is 0.333. The molecule has 0 spiro atoms. The van der Waals surface area contributed by atoms with Crippen LogP contribution in [0.25, 0.3) is 0 Å². The van der Waals surface area contributed by atoms with Crippen molar-refractivity contribution in [2.75, 3.05) is 0 Å². The number of hydrogen-bond donors (Lipinski definition) is 3. The van der Waals surface area contributed by atoms with E-state index in [1.807, 2.05) is 6.07 Å². The second kappa shape index (κ2) is 6.72. The van der Waals surface area contributed by atoms with Gasteiger partial charge in [-0.05, 0) is 18.1 Å². The summed E-state index contributed by atoms with van der Waals surface area (Å²) < 4.78 is 0. The van der Waals surface area contributed by atoms with Gasteiger partial charge in [-0.2, -0.15) is 5.26 Å². The molecule has 0 unspecified atom stereocenters. The van der Waals surface area contributed by atoms with Crippen molar-refractivity contribution in [2.45, 2.75) is 31.3 Å². The molecule has 1 aliphatic rings. The normalized spacial score (nSPS) is 18.1. The van der Waals surface area contributed by atoms with Crippen molar-refractivity contribution >= 4 is 17.7 Å². The second-order valence-corrected chi connectivity index (χ2v) is 5.10. The van der Waals surface area contributed by atoms with Gasteiger partial charge in [-0.25, -0.2) is 0 Å². The molecule has 1 saturated heterocycles. The number of nitrogens with zero attached hydrogens (tertiary/aromatic N) is 1. The third kappa shape index (κ3) is 3.61. The van der Waals surface area contributed by atoms with Gasteiger partial charge >= 0.3 is 0 Å². The first kappa shape index (κ1) is 15.5. The first-order chi connectivity index (χ1) is 10.5. The SMILES string of the molecule is N#Cc1ccccc1C[C@H](NC(=O)[C@@H]1CCC(=O)N1)C(N)=O. The number of nitrogens with one attached hydrogen (secondary N) is 2. The van der Waals surface area contributed by atoms with E-state index in [-0.39, 0.29) is 18.7 Å². The van der Waals surface area contributed by atoms with Crippen molar-refractivity contribution in [3.8, 4) is 6.07 Å². The maximum absolute atomic E-state index is 12.1. The van der Waals surface area contributed by atoms with E-state index in [0.29, 0.717) is 17.5 Å². The quantitative estimate of drug-likeness (QED) is 0.668. The lowest BCUT2D eigenvalue weighted by Crippen LogP contribution is -2.51. The molecule has 1 aromatic carbocycles. The minimum absolute atomic E-state index is 0.130. The van der Waals surface area contributed by atoms with Gasteiger partial charge in [0, 0.05) is 12.8 Å². The highest BCUT2D eigenvalue weighted by atomic mass is 16.2. The molecule has 1 heterocycles. The summed E-state index contributed by atoms with van der Waals surface area (Å²) in [6.07, 6.45) is 0.812. The van der Waals surface area contributed by atoms with Crippen LogP contribution >= 0.6 is 0 Å². The molecule has 4 N–H and O–H groups in total. The van der Waals surface area contributed by atoms with Gasteiger partial charge in [0.25, 0.3) is 0 Å². The number of rotatable bonds is 5. The van der Waals surface area contributed by atoms with E-state index in [4.69, 9.17) is 11.0 Å². The predicted molar refractivity (Wildman–Crippen MR) is 77.2 cm³/mol. The van der Waals surface area contributed by atoms with Crippen LogP contribution in [0.15, 0.2) is 24.3 Å². The van der Waals surface area contributed by atoms with Gasteiger partial charge in [0.15, 0.2) is 0 Å². The Labute approximate surface area is 127 Å². The molecule has 0 aliphatic carbocycles. The summed E-state index contributed by atoms with van der Waals surface area (Å²) in [4.78, 5) is 34.7. The number of nitriles is 1. The first-order valence-corrected chi connectivity index (χ1v) is 6.88. The number of carbonyl (C=O) groups is 3. The lowest BCUT2D eigenvalue weighted by molar-refractivity contribution is -0.129. The van der Waals surface area contributed by atoms with Crippen LogP contribution in [-0.4, -0.2) is 29.8 Å². The smallest absolute Gasteiger partial charge is 0.243 e. The molecule has 22 heavy (non-hydrogen) atoms. The summed E-state index contributed by atoms with van der Waals surface area (Å²) in [5.41, 5.74) is 6.38. The van der Waals surface area contributed by atoms with Gasteiger partial charge in [-0.3, -0.25) is 14.4 Å². The van der Waals surface area contributed by atoms with Gasteiger partial charge in [0.05, 0.1) is 11.6 Å². The van der Waals surface area contributed by atoms with E-state index in [2.05, 4.69) is 10.6 Å². The number of primary amides is 1. The zero-order valence-corrected chi connectivity index (χ0v) is 11.8. The summed E-state index contributed by atoms with van der Waals surface area (Å²) in [6, 6.07) is 7.26. The summed E-state index contributed by atoms with van der Waals surface area (Å²) in [5.74, 6) is -1.32. The number of nitrogens with two attached hydrogens (primary N) is 1. The lowest BCUT2D eigenvalue weighted by atomic mass is 10.00. The maximum Gasteiger partial charge on any atom is 0.243 e. The number of benzene rings is 1. The minimum atomic E-state index is -0.931. The Hall–Kier alpha value is -2.88. The lowest BCUT2D eigenvalue weighted by Gasteiger charge is -2.18. The highest BCUT2D eigenvalue weighted by molar-refractivity contribution is 5.93. The van der Waals surface area contributed by atoms with Crippen LogP contribution < -0.4 is 16.4 Å². The molecule has 7 nitrogen and oxygen atoms in total. The van der Waals surface area contributed by atoms with Crippen LogP contribution in [0.2, 0.25) is 0 Å². The fourth-order valence-electron chi connectivity index (χ4n) is 2.33. The minimum Gasteiger partial charge on any atom is -0.368 e. The monoisotopic (exact) mass is 300 g/mol. The molecule has 0 saturated carbocycles. The van der Waals surface area contributed by atoms with E-state index in [1.165, 1.54) is 0 Å². The van der Waals surface area contributed by atoms with Gasteiger partial charge in [0.2, 0.25) is 17.7 Å². The molecule has 0 aromatic heterocycles. The summed E-state index contributed by atoms with van der Waals surface area (Å²) >= 11 is 0. The maximum atomic E-state index is 12.1. The molecule has 3 amide bonds. The topological polar surface area (TPSA) is 125 Å². The third-order valence-corrected chi connectivity index (χ3v) is 3.53. The Morgan fingerprint density at radius 3 is 2.77 bits per heavy atom. The molecular formula is C15H16N4O3. The molecule has 1 aliphatic heterocycles. The molecule has 0 radical (unpaired) electrons. The molecule has 2 atom stereocenters. The Balaban J connectivity index is 2.07. The van der Waals surface area contributed by atoms with Crippen LogP contribution in [-0.2, 0) is 20.8 Å². The highest BCUT2D eigenvalue weighted by Gasteiger charge is 2.30. The van der Waals surface area contributed by atoms with Crippen molar-refractivity contribution < 1.29 is 14.4 Å². The van der Waals surface area contributed by atoms with Crippen molar-refractivity contribution in [1.82, 2.24) is 10.6 Å². The number of hydrogen-bond acceptors (Lipinski definition) is 4. The summed E-state index contributed by atoms with van der Waals surface area (Å²) in [5, 5.41) is 14.1. The Morgan fingerprint density at radius 2 is 2.18 bits per heavy atom. The molecule has 1 fully saturated rings. The highest BCUT2D eigenvalue weighted by Crippen LogP contribution is 2.11. The molecule has 1 aromatic rings. The molecule has 0 bridgehead atoms. The predicted octanol–water partition coefficient (Wildman–Crippen LogP) is -0.651. The largest absolute Gasteiger partial charge is 0.368 e. The van der Waals surface area contributed by atoms with Crippen LogP contribution in [0.1, 0.15) is 24.0 Å². The van der Waals surface area contributed by atoms with Crippen LogP contribution in [0.4, 0.5) is 0 Å². The summed E-state index contributed by atoms with van der Waals surface area (Å²) in [6.45, 7) is 0. The van der Waals surface area contributed by atoms with Gasteiger partial charge < -0.3 is 16.4 Å². The van der Waals surface area contributed by atoms with Crippen molar-refractivity contribution in [3.63, 3.8) is 0 Å². The zero-order valence-electron chi connectivity index (χ0n) is 11.8. The van der Waals surface area contributed by atoms with E-state index >= 15 is 0 Å². The van der Waals surface area contributed by atoms with Gasteiger partial charge in [0.1, 0.15) is 12.1 Å². The van der Waals surface area contributed by atoms with E-state index in [0.717, 1.165) is 0 Å². The van der Waals surface area contributed by atoms with Crippen LogP contribution in [0.5, 0.6) is 0 Å². The van der Waals surface area contributed by atoms with Crippen LogP contribution in [0.3, 0.4) is 0 Å². The van der Waals surface area contributed by atoms with E-state index in [9.17, 15) is 14.4 Å². The molecule has 7 heteroatoms. The number of amides is 3. The number of carbonyl (C=O) groups excluding carboxylic acids is 3. The molecular weight excluding hydrogens is 284 g/mol. The van der Waals surface area contributed by atoms with Crippen molar-refractivity contribution in [1.29, 1.82) is 5.26 Å². The second-order valence-electron chi connectivity index (χ2n) is 5.10. The van der Waals surface area contributed by atoms with Crippen LogP contribution in [0, 0.1) is 11.3 Å². The average molecular weight is 300 g/mol. The van der Waals surface area contributed by atoms with Gasteiger partial charge in [-0.15, -0.1) is 0 Å². The van der Waals surface area contributed by atoms with E-state index in [1.54, 1.807) is 24.3 Å². The Morgan fingerprint density at radius 1 is 1.45 bits per heavy atom. The molecule has 2 rings (SSSR count). The summed E-state index contributed by atoms with van der Waals surface area (Å²) in [7, 11) is 0. The zero-order chi connectivity index (χ0) is 16.1. The third-order valence-electron chi connectivity index (χ3n) is 3.53. The average Bonchev–Trinajstić information content (AvgIpc) is 2.93. The Bertz CT molecular complexity index is 650. The molecule has 114 valence electrons. The Kier molecular flexibility index (Phi) is 4.73. The first-order valence-electron chi connectivity index (χ1n) is 6.88. The standard InChI is InChI=1S/C15H16N4O3/c16-8-10-4-2-1-3-9(10)7-12(14(17)21)19-15(22)11-5-6-13(20)18-11/h1-4,11-12H,5-7H2,(H2,17,21)(H,18,20)(H,19,22)/t11-,12-/m0/s1. The van der Waals surface area contributed by atoms with Crippen molar-refractivity contribution in [2.24, 2.45) is 5.73 Å². The fourth-order valence-corrected chi connectivity index (χ4v) is 2.33. The van der Waals surface area contributed by atoms with E-state index < -0.39 is 23.9 Å².